The Hall–Kier alpha value is -1.53. The average molecular weight is 356 g/mol. The molecule has 0 spiro atoms. The minimum Gasteiger partial charge on any atom is -0.395 e. The van der Waals surface area contributed by atoms with Gasteiger partial charge in [0.2, 0.25) is 0 Å². The lowest BCUT2D eigenvalue weighted by molar-refractivity contribution is 0.102. The highest BCUT2D eigenvalue weighted by molar-refractivity contribution is 9.10. The van der Waals surface area contributed by atoms with Crippen LogP contribution in [0.15, 0.2) is 22.7 Å². The maximum absolute atomic E-state index is 12.2. The number of benzene rings is 1. The van der Waals surface area contributed by atoms with Crippen molar-refractivity contribution in [1.29, 1.82) is 0 Å². The third-order valence-electron chi connectivity index (χ3n) is 3.21. The molecule has 1 heterocycles. The molecule has 104 valence electrons. The number of aromatic nitrogens is 2. The van der Waals surface area contributed by atoms with Crippen LogP contribution in [0.3, 0.4) is 0 Å². The van der Waals surface area contributed by atoms with Gasteiger partial charge in [0.1, 0.15) is 0 Å². The third kappa shape index (κ3) is 2.53. The number of anilines is 2. The van der Waals surface area contributed by atoms with Crippen molar-refractivity contribution >= 4 is 44.8 Å². The Balaban J connectivity index is 1.80. The molecule has 1 aromatic carbocycles. The van der Waals surface area contributed by atoms with Crippen molar-refractivity contribution in [3.63, 3.8) is 0 Å². The van der Waals surface area contributed by atoms with Crippen LogP contribution in [0.5, 0.6) is 0 Å². The van der Waals surface area contributed by atoms with Crippen LogP contribution < -0.4 is 11.1 Å². The minimum absolute atomic E-state index is 0.228. The lowest BCUT2D eigenvalue weighted by Gasteiger charge is -2.05. The number of aromatic amines is 1. The SMILES string of the molecule is Nc1c(C(=O)Nc2ccc(Br)c(Cl)c2)n[nH]c1C1CC1. The van der Waals surface area contributed by atoms with Gasteiger partial charge in [0.05, 0.1) is 16.4 Å². The molecule has 0 atom stereocenters. The predicted octanol–water partition coefficient (Wildman–Crippen LogP) is 3.54. The molecule has 1 saturated carbocycles. The van der Waals surface area contributed by atoms with E-state index in [1.807, 2.05) is 0 Å². The summed E-state index contributed by atoms with van der Waals surface area (Å²) in [6.45, 7) is 0. The molecule has 0 radical (unpaired) electrons. The second kappa shape index (κ2) is 5.10. The molecule has 4 N–H and O–H groups in total. The van der Waals surface area contributed by atoms with Crippen molar-refractivity contribution < 1.29 is 4.79 Å². The number of H-pyrrole nitrogens is 1. The Kier molecular flexibility index (Phi) is 3.43. The molecule has 3 rings (SSSR count). The number of nitrogens with zero attached hydrogens (tertiary/aromatic N) is 1. The van der Waals surface area contributed by atoms with Gasteiger partial charge in [0.15, 0.2) is 5.69 Å². The van der Waals surface area contributed by atoms with Gasteiger partial charge in [0.25, 0.3) is 5.91 Å². The first-order valence-corrected chi connectivity index (χ1v) is 7.33. The summed E-state index contributed by atoms with van der Waals surface area (Å²) in [5, 5.41) is 10.1. The molecule has 0 bridgehead atoms. The molecule has 0 saturated heterocycles. The number of carbonyl (C=O) groups excluding carboxylic acids is 1. The summed E-state index contributed by atoms with van der Waals surface area (Å²) in [5.74, 6) is 0.0789. The first-order chi connectivity index (χ1) is 9.56. The van der Waals surface area contributed by atoms with Gasteiger partial charge < -0.3 is 11.1 Å². The van der Waals surface area contributed by atoms with Crippen molar-refractivity contribution in [2.24, 2.45) is 0 Å². The number of halogens is 2. The van der Waals surface area contributed by atoms with E-state index >= 15 is 0 Å². The van der Waals surface area contributed by atoms with E-state index in [4.69, 9.17) is 17.3 Å². The number of nitrogen functional groups attached to an aromatic ring is 1. The van der Waals surface area contributed by atoms with Crippen molar-refractivity contribution in [3.05, 3.63) is 39.1 Å². The molecule has 7 heteroatoms. The molecule has 2 aromatic rings. The smallest absolute Gasteiger partial charge is 0.278 e. The maximum Gasteiger partial charge on any atom is 0.278 e. The van der Waals surface area contributed by atoms with Gasteiger partial charge in [-0.15, -0.1) is 0 Å². The van der Waals surface area contributed by atoms with Crippen LogP contribution >= 0.6 is 27.5 Å². The summed E-state index contributed by atoms with van der Waals surface area (Å²) in [6, 6.07) is 5.17. The summed E-state index contributed by atoms with van der Waals surface area (Å²) < 4.78 is 0.771. The monoisotopic (exact) mass is 354 g/mol. The normalized spacial score (nSPS) is 14.3. The quantitative estimate of drug-likeness (QED) is 0.787. The van der Waals surface area contributed by atoms with E-state index in [1.54, 1.807) is 18.2 Å². The molecular formula is C13H12BrClN4O. The van der Waals surface area contributed by atoms with Crippen LogP contribution in [0.25, 0.3) is 0 Å². The Bertz CT molecular complexity index is 681. The predicted molar refractivity (Wildman–Crippen MR) is 82.1 cm³/mol. The zero-order valence-corrected chi connectivity index (χ0v) is 12.8. The Morgan fingerprint density at radius 1 is 1.50 bits per heavy atom. The first kappa shape index (κ1) is 13.5. The van der Waals surface area contributed by atoms with Gasteiger partial charge in [-0.25, -0.2) is 0 Å². The summed E-state index contributed by atoms with van der Waals surface area (Å²) in [6.07, 6.45) is 2.19. The fraction of sp³-hybridized carbons (Fsp3) is 0.231. The lowest BCUT2D eigenvalue weighted by atomic mass is 10.2. The summed E-state index contributed by atoms with van der Waals surface area (Å²) in [7, 11) is 0. The molecule has 0 unspecified atom stereocenters. The minimum atomic E-state index is -0.343. The molecule has 20 heavy (non-hydrogen) atoms. The first-order valence-electron chi connectivity index (χ1n) is 6.16. The van der Waals surface area contributed by atoms with E-state index in [9.17, 15) is 4.79 Å². The third-order valence-corrected chi connectivity index (χ3v) is 4.44. The lowest BCUT2D eigenvalue weighted by Crippen LogP contribution is -2.14. The van der Waals surface area contributed by atoms with E-state index in [0.717, 1.165) is 23.0 Å². The molecule has 1 aromatic heterocycles. The molecule has 1 amide bonds. The Labute approximate surface area is 129 Å². The number of nitrogens with one attached hydrogen (secondary N) is 2. The van der Waals surface area contributed by atoms with Crippen LogP contribution in [0.1, 0.15) is 34.9 Å². The summed E-state index contributed by atoms with van der Waals surface area (Å²) in [5.41, 5.74) is 8.09. The van der Waals surface area contributed by atoms with Gasteiger partial charge in [-0.05, 0) is 47.0 Å². The summed E-state index contributed by atoms with van der Waals surface area (Å²) in [4.78, 5) is 12.2. The molecular weight excluding hydrogens is 344 g/mol. The van der Waals surface area contributed by atoms with Crippen molar-refractivity contribution in [3.8, 4) is 0 Å². The number of amides is 1. The number of carbonyl (C=O) groups is 1. The van der Waals surface area contributed by atoms with Gasteiger partial charge in [0, 0.05) is 16.1 Å². The average Bonchev–Trinajstić information content (AvgIpc) is 3.17. The summed E-state index contributed by atoms with van der Waals surface area (Å²) >= 11 is 9.28. The molecule has 1 fully saturated rings. The number of rotatable bonds is 3. The number of nitrogens with two attached hydrogens (primary N) is 1. The molecule has 1 aliphatic rings. The van der Waals surface area contributed by atoms with Crippen LogP contribution in [0.2, 0.25) is 5.02 Å². The zero-order chi connectivity index (χ0) is 14.3. The van der Waals surface area contributed by atoms with Crippen LogP contribution in [0, 0.1) is 0 Å². The molecule has 0 aliphatic heterocycles. The molecule has 5 nitrogen and oxygen atoms in total. The van der Waals surface area contributed by atoms with Crippen LogP contribution in [-0.2, 0) is 0 Å². The topological polar surface area (TPSA) is 83.8 Å². The van der Waals surface area contributed by atoms with Gasteiger partial charge in [-0.1, -0.05) is 11.6 Å². The second-order valence-corrected chi connectivity index (χ2v) is 6.02. The maximum atomic E-state index is 12.2. The van der Waals surface area contributed by atoms with Gasteiger partial charge >= 0.3 is 0 Å². The fourth-order valence-corrected chi connectivity index (χ4v) is 2.41. The second-order valence-electron chi connectivity index (χ2n) is 4.76. The van der Waals surface area contributed by atoms with Gasteiger partial charge in [-0.3, -0.25) is 9.89 Å². The highest BCUT2D eigenvalue weighted by atomic mass is 79.9. The van der Waals surface area contributed by atoms with Crippen molar-refractivity contribution in [2.75, 3.05) is 11.1 Å². The number of hydrogen-bond donors (Lipinski definition) is 3. The van der Waals surface area contributed by atoms with Crippen molar-refractivity contribution in [2.45, 2.75) is 18.8 Å². The standard InChI is InChI=1S/C13H12BrClN4O/c14-8-4-3-7(5-9(8)15)17-13(20)12-10(16)11(18-19-12)6-1-2-6/h3-6H,1-2,16H2,(H,17,20)(H,18,19). The fourth-order valence-electron chi connectivity index (χ4n) is 1.98. The largest absolute Gasteiger partial charge is 0.395 e. The zero-order valence-electron chi connectivity index (χ0n) is 10.4. The Morgan fingerprint density at radius 2 is 2.25 bits per heavy atom. The highest BCUT2D eigenvalue weighted by Gasteiger charge is 2.30. The van der Waals surface area contributed by atoms with Crippen molar-refractivity contribution in [1.82, 2.24) is 10.2 Å². The van der Waals surface area contributed by atoms with E-state index in [-0.39, 0.29) is 11.6 Å². The van der Waals surface area contributed by atoms with Gasteiger partial charge in [-0.2, -0.15) is 5.10 Å². The van der Waals surface area contributed by atoms with E-state index in [1.165, 1.54) is 0 Å². The van der Waals surface area contributed by atoms with E-state index in [2.05, 4.69) is 31.4 Å². The highest BCUT2D eigenvalue weighted by Crippen LogP contribution is 2.42. The van der Waals surface area contributed by atoms with Crippen LogP contribution in [-0.4, -0.2) is 16.1 Å². The Morgan fingerprint density at radius 3 is 2.90 bits per heavy atom. The number of hydrogen-bond acceptors (Lipinski definition) is 3. The van der Waals surface area contributed by atoms with E-state index < -0.39 is 0 Å². The van der Waals surface area contributed by atoms with E-state index in [0.29, 0.717) is 22.3 Å². The van der Waals surface area contributed by atoms with Crippen LogP contribution in [0.4, 0.5) is 11.4 Å². The molecule has 1 aliphatic carbocycles.